The molecule has 0 amide bonds. The van der Waals surface area contributed by atoms with Crippen molar-refractivity contribution in [3.8, 4) is 0 Å². The van der Waals surface area contributed by atoms with Gasteiger partial charge in [-0.3, -0.25) is 0 Å². The summed E-state index contributed by atoms with van der Waals surface area (Å²) in [4.78, 5) is 0. The fraction of sp³-hybridized carbons (Fsp3) is 0.667. The molecular weight excluding hydrogens is 230 g/mol. The van der Waals surface area contributed by atoms with Gasteiger partial charge in [0, 0.05) is 6.04 Å². The second kappa shape index (κ2) is 5.66. The van der Waals surface area contributed by atoms with Gasteiger partial charge in [0.05, 0.1) is 0 Å². The van der Waals surface area contributed by atoms with E-state index >= 15 is 0 Å². The quantitative estimate of drug-likeness (QED) is 0.782. The Morgan fingerprint density at radius 1 is 1.32 bits per heavy atom. The van der Waals surface area contributed by atoms with Gasteiger partial charge in [0.25, 0.3) is 0 Å². The molecule has 0 fully saturated rings. The van der Waals surface area contributed by atoms with Gasteiger partial charge < -0.3 is 5.32 Å². The molecule has 0 spiro atoms. The van der Waals surface area contributed by atoms with Crippen molar-refractivity contribution in [2.75, 3.05) is 7.05 Å². The number of hydrogen-bond donors (Lipinski definition) is 1. The first-order valence-electron chi connectivity index (χ1n) is 7.78. The Balaban J connectivity index is 2.42. The summed E-state index contributed by atoms with van der Waals surface area (Å²) in [7, 11) is 2.10. The summed E-state index contributed by atoms with van der Waals surface area (Å²) in [5.74, 6) is 0.812. The van der Waals surface area contributed by atoms with Crippen LogP contribution in [-0.2, 0) is 11.8 Å². The first-order valence-corrected chi connectivity index (χ1v) is 7.78. The van der Waals surface area contributed by atoms with E-state index in [1.54, 1.807) is 11.1 Å². The number of nitrogens with one attached hydrogen (secondary N) is 1. The third kappa shape index (κ3) is 3.02. The van der Waals surface area contributed by atoms with Crippen molar-refractivity contribution in [3.05, 3.63) is 34.9 Å². The first-order chi connectivity index (χ1) is 8.97. The highest BCUT2D eigenvalue weighted by atomic mass is 14.9. The zero-order chi connectivity index (χ0) is 14.0. The minimum absolute atomic E-state index is 0.283. The maximum absolute atomic E-state index is 3.53. The SMILES string of the molecule is CCC(C)(C)c1ccc2c(c1)C(NC)CC(C)CC2. The van der Waals surface area contributed by atoms with Crippen molar-refractivity contribution < 1.29 is 0 Å². The van der Waals surface area contributed by atoms with Gasteiger partial charge in [-0.05, 0) is 60.8 Å². The average Bonchev–Trinajstić information content (AvgIpc) is 2.57. The van der Waals surface area contributed by atoms with E-state index in [1.807, 2.05) is 0 Å². The topological polar surface area (TPSA) is 12.0 Å². The minimum Gasteiger partial charge on any atom is -0.313 e. The Kier molecular flexibility index (Phi) is 4.35. The van der Waals surface area contributed by atoms with Gasteiger partial charge in [-0.15, -0.1) is 0 Å². The third-order valence-electron chi connectivity index (χ3n) is 5.08. The van der Waals surface area contributed by atoms with Gasteiger partial charge in [-0.2, -0.15) is 0 Å². The number of benzene rings is 1. The summed E-state index contributed by atoms with van der Waals surface area (Å²) in [5.41, 5.74) is 4.87. The molecule has 1 aliphatic carbocycles. The van der Waals surface area contributed by atoms with E-state index in [2.05, 4.69) is 58.3 Å². The lowest BCUT2D eigenvalue weighted by Crippen LogP contribution is -2.21. The third-order valence-corrected chi connectivity index (χ3v) is 5.08. The van der Waals surface area contributed by atoms with Crippen molar-refractivity contribution in [3.63, 3.8) is 0 Å². The standard InChI is InChI=1S/C18H29N/c1-6-18(3,4)15-10-9-14-8-7-13(2)11-17(19-5)16(14)12-15/h9-10,12-13,17,19H,6-8,11H2,1-5H3. The summed E-state index contributed by atoms with van der Waals surface area (Å²) in [6.07, 6.45) is 5.01. The predicted molar refractivity (Wildman–Crippen MR) is 83.7 cm³/mol. The lowest BCUT2D eigenvalue weighted by Gasteiger charge is -2.26. The van der Waals surface area contributed by atoms with Crippen LogP contribution in [0.15, 0.2) is 18.2 Å². The van der Waals surface area contributed by atoms with E-state index in [9.17, 15) is 0 Å². The minimum atomic E-state index is 0.283. The second-order valence-corrected chi connectivity index (χ2v) is 6.87. The van der Waals surface area contributed by atoms with E-state index < -0.39 is 0 Å². The highest BCUT2D eigenvalue weighted by Gasteiger charge is 2.24. The van der Waals surface area contributed by atoms with Gasteiger partial charge in [0.15, 0.2) is 0 Å². The van der Waals surface area contributed by atoms with E-state index in [0.29, 0.717) is 6.04 Å². The van der Waals surface area contributed by atoms with Crippen LogP contribution >= 0.6 is 0 Å². The summed E-state index contributed by atoms with van der Waals surface area (Å²) < 4.78 is 0. The average molecular weight is 259 g/mol. The van der Waals surface area contributed by atoms with E-state index in [-0.39, 0.29) is 5.41 Å². The van der Waals surface area contributed by atoms with E-state index in [0.717, 1.165) is 5.92 Å². The van der Waals surface area contributed by atoms with Gasteiger partial charge in [-0.25, -0.2) is 0 Å². The molecule has 2 unspecified atom stereocenters. The molecule has 0 bridgehead atoms. The number of fused-ring (bicyclic) bond motifs is 1. The lowest BCUT2D eigenvalue weighted by atomic mass is 9.80. The van der Waals surface area contributed by atoms with E-state index in [1.165, 1.54) is 31.2 Å². The fourth-order valence-corrected chi connectivity index (χ4v) is 3.09. The molecule has 0 aromatic heterocycles. The molecule has 0 aliphatic heterocycles. The zero-order valence-electron chi connectivity index (χ0n) is 13.2. The molecule has 106 valence electrons. The van der Waals surface area contributed by atoms with Crippen LogP contribution in [0.1, 0.15) is 69.7 Å². The summed E-state index contributed by atoms with van der Waals surface area (Å²) in [6.45, 7) is 9.36. The normalized spacial score (nSPS) is 23.8. The zero-order valence-corrected chi connectivity index (χ0v) is 13.2. The lowest BCUT2D eigenvalue weighted by molar-refractivity contribution is 0.427. The van der Waals surface area contributed by atoms with Crippen LogP contribution in [0, 0.1) is 5.92 Å². The van der Waals surface area contributed by atoms with Gasteiger partial charge in [0.2, 0.25) is 0 Å². The second-order valence-electron chi connectivity index (χ2n) is 6.87. The fourth-order valence-electron chi connectivity index (χ4n) is 3.09. The van der Waals surface area contributed by atoms with Gasteiger partial charge >= 0.3 is 0 Å². The van der Waals surface area contributed by atoms with Crippen LogP contribution < -0.4 is 5.32 Å². The molecular formula is C18H29N. The van der Waals surface area contributed by atoms with Crippen LogP contribution in [0.2, 0.25) is 0 Å². The molecule has 0 saturated carbocycles. The maximum Gasteiger partial charge on any atom is 0.0322 e. The molecule has 2 rings (SSSR count). The molecule has 1 aromatic carbocycles. The van der Waals surface area contributed by atoms with Crippen molar-refractivity contribution in [1.82, 2.24) is 5.32 Å². The molecule has 2 atom stereocenters. The van der Waals surface area contributed by atoms with Crippen molar-refractivity contribution in [2.24, 2.45) is 5.92 Å². The monoisotopic (exact) mass is 259 g/mol. The molecule has 0 saturated heterocycles. The Morgan fingerprint density at radius 2 is 2.05 bits per heavy atom. The Labute approximate surface area is 118 Å². The molecule has 1 N–H and O–H groups in total. The van der Waals surface area contributed by atoms with Crippen LogP contribution in [0.3, 0.4) is 0 Å². The molecule has 0 heterocycles. The molecule has 1 aliphatic rings. The van der Waals surface area contributed by atoms with Crippen molar-refractivity contribution in [1.29, 1.82) is 0 Å². The Morgan fingerprint density at radius 3 is 2.68 bits per heavy atom. The summed E-state index contributed by atoms with van der Waals surface area (Å²) >= 11 is 0. The summed E-state index contributed by atoms with van der Waals surface area (Å²) in [5, 5.41) is 3.53. The van der Waals surface area contributed by atoms with Gasteiger partial charge in [-0.1, -0.05) is 45.9 Å². The molecule has 19 heavy (non-hydrogen) atoms. The molecule has 0 radical (unpaired) electrons. The molecule has 1 aromatic rings. The number of hydrogen-bond acceptors (Lipinski definition) is 1. The molecule has 1 nitrogen and oxygen atoms in total. The summed E-state index contributed by atoms with van der Waals surface area (Å²) in [6, 6.07) is 7.73. The highest BCUT2D eigenvalue weighted by Crippen LogP contribution is 2.35. The van der Waals surface area contributed by atoms with E-state index in [4.69, 9.17) is 0 Å². The van der Waals surface area contributed by atoms with Crippen LogP contribution in [0.4, 0.5) is 0 Å². The van der Waals surface area contributed by atoms with Crippen LogP contribution in [-0.4, -0.2) is 7.05 Å². The maximum atomic E-state index is 3.53. The van der Waals surface area contributed by atoms with Gasteiger partial charge in [0.1, 0.15) is 0 Å². The van der Waals surface area contributed by atoms with Crippen LogP contribution in [0.25, 0.3) is 0 Å². The number of aryl methyl sites for hydroxylation is 1. The predicted octanol–water partition coefficient (Wildman–Crippen LogP) is 4.61. The van der Waals surface area contributed by atoms with Crippen molar-refractivity contribution in [2.45, 2.75) is 64.8 Å². The smallest absolute Gasteiger partial charge is 0.0322 e. The van der Waals surface area contributed by atoms with Crippen LogP contribution in [0.5, 0.6) is 0 Å². The highest BCUT2D eigenvalue weighted by molar-refractivity contribution is 5.38. The van der Waals surface area contributed by atoms with Crippen molar-refractivity contribution >= 4 is 0 Å². The molecule has 1 heteroatoms. The Hall–Kier alpha value is -0.820. The Bertz CT molecular complexity index is 433. The first kappa shape index (κ1) is 14.6. The largest absolute Gasteiger partial charge is 0.313 e. The number of rotatable bonds is 3.